The molecule has 1 aliphatic heterocycles. The first-order chi connectivity index (χ1) is 11.5. The van der Waals surface area contributed by atoms with E-state index in [2.05, 4.69) is 56.7 Å². The Morgan fingerprint density at radius 1 is 1.25 bits per heavy atom. The third kappa shape index (κ3) is 4.06. The predicted molar refractivity (Wildman–Crippen MR) is 95.4 cm³/mol. The van der Waals surface area contributed by atoms with E-state index in [0.29, 0.717) is 11.9 Å². The molecule has 0 amide bonds. The van der Waals surface area contributed by atoms with Gasteiger partial charge in [-0.05, 0) is 53.7 Å². The van der Waals surface area contributed by atoms with Crippen molar-refractivity contribution in [1.29, 1.82) is 0 Å². The number of halogens is 1. The molecule has 1 atom stereocenters. The molecule has 130 valence electrons. The van der Waals surface area contributed by atoms with Gasteiger partial charge in [0.1, 0.15) is 10.4 Å². The van der Waals surface area contributed by atoms with Crippen molar-refractivity contribution in [2.75, 3.05) is 18.0 Å². The Balaban J connectivity index is 1.53. The topological polar surface area (TPSA) is 64.3 Å². The predicted octanol–water partition coefficient (Wildman–Crippen LogP) is 4.03. The summed E-state index contributed by atoms with van der Waals surface area (Å²) in [5.74, 6) is 2.38. The summed E-state index contributed by atoms with van der Waals surface area (Å²) in [6, 6.07) is 4.48. The van der Waals surface area contributed by atoms with Crippen molar-refractivity contribution in [3.05, 3.63) is 28.8 Å². The molecule has 1 aliphatic rings. The Bertz CT molecular complexity index is 651. The number of piperidine rings is 1. The SMILES string of the molecule is CC(C)c1noc(N2CCC(C(C)Oc3ccc(Br)nc3)CC2)n1. The largest absolute Gasteiger partial charge is 0.489 e. The molecule has 6 nitrogen and oxygen atoms in total. The molecule has 0 aromatic carbocycles. The molecule has 1 fully saturated rings. The zero-order chi connectivity index (χ0) is 17.1. The minimum Gasteiger partial charge on any atom is -0.489 e. The summed E-state index contributed by atoms with van der Waals surface area (Å²) in [6.07, 6.45) is 4.00. The van der Waals surface area contributed by atoms with Crippen LogP contribution < -0.4 is 9.64 Å². The summed E-state index contributed by atoms with van der Waals surface area (Å²) in [4.78, 5) is 10.9. The summed E-state index contributed by atoms with van der Waals surface area (Å²) >= 11 is 3.34. The monoisotopic (exact) mass is 394 g/mol. The molecule has 0 saturated carbocycles. The molecule has 7 heteroatoms. The summed E-state index contributed by atoms with van der Waals surface area (Å²) in [5, 5.41) is 4.04. The van der Waals surface area contributed by atoms with Crippen molar-refractivity contribution in [3.8, 4) is 5.75 Å². The lowest BCUT2D eigenvalue weighted by atomic mass is 9.92. The van der Waals surface area contributed by atoms with Gasteiger partial charge in [0.15, 0.2) is 5.82 Å². The van der Waals surface area contributed by atoms with Crippen molar-refractivity contribution in [3.63, 3.8) is 0 Å². The first-order valence-corrected chi connectivity index (χ1v) is 9.19. The van der Waals surface area contributed by atoms with E-state index in [4.69, 9.17) is 9.26 Å². The highest BCUT2D eigenvalue weighted by Gasteiger charge is 2.27. The van der Waals surface area contributed by atoms with Crippen molar-refractivity contribution < 1.29 is 9.26 Å². The van der Waals surface area contributed by atoms with Gasteiger partial charge < -0.3 is 14.2 Å². The van der Waals surface area contributed by atoms with Crippen molar-refractivity contribution in [2.24, 2.45) is 5.92 Å². The molecule has 3 heterocycles. The quantitative estimate of drug-likeness (QED) is 0.713. The molecule has 2 aromatic heterocycles. The van der Waals surface area contributed by atoms with Gasteiger partial charge in [0, 0.05) is 19.0 Å². The van der Waals surface area contributed by atoms with E-state index < -0.39 is 0 Å². The second-order valence-electron chi connectivity index (χ2n) is 6.55. The lowest BCUT2D eigenvalue weighted by Gasteiger charge is -2.33. The molecule has 3 rings (SSSR count). The standard InChI is InChI=1S/C17H23BrN4O2/c1-11(2)16-20-17(24-21-16)22-8-6-13(7-9-22)12(3)23-14-4-5-15(18)19-10-14/h4-5,10-13H,6-9H2,1-3H3. The van der Waals surface area contributed by atoms with Crippen molar-refractivity contribution in [1.82, 2.24) is 15.1 Å². The Morgan fingerprint density at radius 2 is 2.00 bits per heavy atom. The minimum absolute atomic E-state index is 0.157. The van der Waals surface area contributed by atoms with E-state index in [1.807, 2.05) is 12.1 Å². The molecular weight excluding hydrogens is 372 g/mol. The highest BCUT2D eigenvalue weighted by molar-refractivity contribution is 9.10. The Hall–Kier alpha value is -1.63. The molecule has 0 spiro atoms. The lowest BCUT2D eigenvalue weighted by molar-refractivity contribution is 0.131. The lowest BCUT2D eigenvalue weighted by Crippen LogP contribution is -2.38. The number of aromatic nitrogens is 3. The number of anilines is 1. The molecule has 1 saturated heterocycles. The molecule has 24 heavy (non-hydrogen) atoms. The maximum absolute atomic E-state index is 6.03. The normalized spacial score (nSPS) is 17.3. The maximum atomic E-state index is 6.03. The number of hydrogen-bond acceptors (Lipinski definition) is 6. The van der Waals surface area contributed by atoms with Crippen LogP contribution in [0.15, 0.2) is 27.5 Å². The third-order valence-corrected chi connectivity index (χ3v) is 4.91. The van der Waals surface area contributed by atoms with Gasteiger partial charge in [0.2, 0.25) is 0 Å². The van der Waals surface area contributed by atoms with Crippen LogP contribution in [0, 0.1) is 5.92 Å². The highest BCUT2D eigenvalue weighted by atomic mass is 79.9. The fourth-order valence-corrected chi connectivity index (χ4v) is 3.13. The Morgan fingerprint density at radius 3 is 2.58 bits per heavy atom. The molecule has 0 radical (unpaired) electrons. The molecule has 2 aromatic rings. The van der Waals surface area contributed by atoms with Crippen LogP contribution in [0.1, 0.15) is 45.4 Å². The van der Waals surface area contributed by atoms with Gasteiger partial charge in [-0.3, -0.25) is 0 Å². The van der Waals surface area contributed by atoms with Crippen molar-refractivity contribution in [2.45, 2.75) is 45.6 Å². The molecule has 0 N–H and O–H groups in total. The van der Waals surface area contributed by atoms with Gasteiger partial charge in [-0.15, -0.1) is 0 Å². The Labute approximate surface area is 150 Å². The van der Waals surface area contributed by atoms with Crippen LogP contribution >= 0.6 is 15.9 Å². The van der Waals surface area contributed by atoms with Gasteiger partial charge in [-0.25, -0.2) is 4.98 Å². The average molecular weight is 395 g/mol. The summed E-state index contributed by atoms with van der Waals surface area (Å²) in [6.45, 7) is 8.09. The van der Waals surface area contributed by atoms with Gasteiger partial charge in [-0.1, -0.05) is 19.0 Å². The van der Waals surface area contributed by atoms with Crippen molar-refractivity contribution >= 4 is 21.9 Å². The number of hydrogen-bond donors (Lipinski definition) is 0. The van der Waals surface area contributed by atoms with E-state index in [-0.39, 0.29) is 12.0 Å². The maximum Gasteiger partial charge on any atom is 0.324 e. The number of ether oxygens (including phenoxy) is 1. The highest BCUT2D eigenvalue weighted by Crippen LogP contribution is 2.27. The average Bonchev–Trinajstić information content (AvgIpc) is 3.07. The fourth-order valence-electron chi connectivity index (χ4n) is 2.89. The molecule has 0 bridgehead atoms. The first-order valence-electron chi connectivity index (χ1n) is 8.39. The van der Waals surface area contributed by atoms with Crippen LogP contribution in [-0.2, 0) is 0 Å². The van der Waals surface area contributed by atoms with Crippen LogP contribution in [0.25, 0.3) is 0 Å². The first kappa shape index (κ1) is 17.2. The molecule has 0 aliphatic carbocycles. The fraction of sp³-hybridized carbons (Fsp3) is 0.588. The zero-order valence-corrected chi connectivity index (χ0v) is 15.9. The van der Waals surface area contributed by atoms with Gasteiger partial charge in [-0.2, -0.15) is 4.98 Å². The van der Waals surface area contributed by atoms with Gasteiger partial charge in [0.25, 0.3) is 0 Å². The van der Waals surface area contributed by atoms with Crippen LogP contribution in [0.5, 0.6) is 5.75 Å². The van der Waals surface area contributed by atoms with Crippen LogP contribution in [-0.4, -0.2) is 34.3 Å². The van der Waals surface area contributed by atoms with Gasteiger partial charge in [0.05, 0.1) is 12.3 Å². The van der Waals surface area contributed by atoms with E-state index in [9.17, 15) is 0 Å². The second kappa shape index (κ2) is 7.51. The number of rotatable bonds is 5. The van der Waals surface area contributed by atoms with Crippen LogP contribution in [0.2, 0.25) is 0 Å². The van der Waals surface area contributed by atoms with Crippen LogP contribution in [0.3, 0.4) is 0 Å². The second-order valence-corrected chi connectivity index (χ2v) is 7.37. The van der Waals surface area contributed by atoms with E-state index in [0.717, 1.165) is 42.1 Å². The Kier molecular flexibility index (Phi) is 5.38. The zero-order valence-electron chi connectivity index (χ0n) is 14.3. The smallest absolute Gasteiger partial charge is 0.324 e. The number of nitrogens with zero attached hydrogens (tertiary/aromatic N) is 4. The summed E-state index contributed by atoms with van der Waals surface area (Å²) < 4.78 is 12.2. The summed E-state index contributed by atoms with van der Waals surface area (Å²) in [7, 11) is 0. The van der Waals surface area contributed by atoms with Crippen LogP contribution in [0.4, 0.5) is 6.01 Å². The third-order valence-electron chi connectivity index (χ3n) is 4.44. The minimum atomic E-state index is 0.157. The van der Waals surface area contributed by atoms with E-state index >= 15 is 0 Å². The van der Waals surface area contributed by atoms with Gasteiger partial charge >= 0.3 is 6.01 Å². The number of pyridine rings is 1. The molecular formula is C17H23BrN4O2. The molecule has 1 unspecified atom stereocenters. The van der Waals surface area contributed by atoms with E-state index in [1.165, 1.54) is 0 Å². The summed E-state index contributed by atoms with van der Waals surface area (Å²) in [5.41, 5.74) is 0. The van der Waals surface area contributed by atoms with E-state index in [1.54, 1.807) is 6.20 Å².